The van der Waals surface area contributed by atoms with Crippen LogP contribution >= 0.6 is 0 Å². The molecule has 0 aromatic heterocycles. The highest BCUT2D eigenvalue weighted by Crippen LogP contribution is 1.87. The average Bonchev–Trinajstić information content (AvgIpc) is 1.82. The van der Waals surface area contributed by atoms with Gasteiger partial charge in [0.2, 0.25) is 0 Å². The van der Waals surface area contributed by atoms with E-state index in [1.165, 1.54) is 0 Å². The first-order valence-corrected chi connectivity index (χ1v) is 3.47. The smallest absolute Gasteiger partial charge is 0.0331 e. The highest BCUT2D eigenvalue weighted by Gasteiger charge is 1.89. The van der Waals surface area contributed by atoms with Crippen LogP contribution in [0.5, 0.6) is 0 Å². The lowest BCUT2D eigenvalue weighted by atomic mass is 10.5. The first-order chi connectivity index (χ1) is 4.20. The van der Waals surface area contributed by atoms with Gasteiger partial charge in [0.15, 0.2) is 0 Å². The third-order valence-corrected chi connectivity index (χ3v) is 1.07. The molecule has 0 radical (unpaired) electrons. The Labute approximate surface area is 57.6 Å². The molecule has 2 heteroatoms. The van der Waals surface area contributed by atoms with Crippen LogP contribution in [-0.2, 0) is 0 Å². The molecule has 0 bridgehead atoms. The summed E-state index contributed by atoms with van der Waals surface area (Å²) in [6.45, 7) is 10.2. The first-order valence-electron chi connectivity index (χ1n) is 3.47. The molecular weight excluding hydrogens is 112 g/mol. The third kappa shape index (κ3) is 4.01. The molecule has 0 unspecified atom stereocenters. The van der Waals surface area contributed by atoms with Gasteiger partial charge in [0.05, 0.1) is 0 Å². The summed E-state index contributed by atoms with van der Waals surface area (Å²) >= 11 is 0. The van der Waals surface area contributed by atoms with Gasteiger partial charge < -0.3 is 0 Å². The van der Waals surface area contributed by atoms with Crippen LogP contribution < -0.4 is 0 Å². The van der Waals surface area contributed by atoms with Crippen LogP contribution in [0.15, 0.2) is 5.10 Å². The van der Waals surface area contributed by atoms with Crippen LogP contribution in [0.2, 0.25) is 0 Å². The van der Waals surface area contributed by atoms with Gasteiger partial charge in [-0.2, -0.15) is 5.10 Å². The highest BCUT2D eigenvalue weighted by molar-refractivity contribution is 5.78. The maximum Gasteiger partial charge on any atom is 0.0331 e. The van der Waals surface area contributed by atoms with E-state index in [0.29, 0.717) is 0 Å². The van der Waals surface area contributed by atoms with Crippen LogP contribution in [0.4, 0.5) is 0 Å². The van der Waals surface area contributed by atoms with Gasteiger partial charge in [-0.25, -0.2) is 0 Å². The van der Waals surface area contributed by atoms with Gasteiger partial charge in [-0.05, 0) is 27.7 Å². The van der Waals surface area contributed by atoms with Crippen molar-refractivity contribution in [2.45, 2.75) is 27.7 Å². The van der Waals surface area contributed by atoms with Crippen molar-refractivity contribution >= 4 is 5.71 Å². The number of hydrogen-bond donors (Lipinski definition) is 0. The molecule has 0 saturated heterocycles. The van der Waals surface area contributed by atoms with Crippen LogP contribution in [-0.4, -0.2) is 23.8 Å². The highest BCUT2D eigenvalue weighted by atomic mass is 15.4. The minimum Gasteiger partial charge on any atom is -0.298 e. The summed E-state index contributed by atoms with van der Waals surface area (Å²) in [4.78, 5) is 0. The molecule has 54 valence electrons. The predicted octanol–water partition coefficient (Wildman–Crippen LogP) is 1.72. The SMILES string of the molecule is CCN(CC)N=C(C)C. The summed E-state index contributed by atoms with van der Waals surface area (Å²) in [5.74, 6) is 0. The molecule has 0 rings (SSSR count). The summed E-state index contributed by atoms with van der Waals surface area (Å²) in [7, 11) is 0. The van der Waals surface area contributed by atoms with Crippen molar-refractivity contribution < 1.29 is 0 Å². The number of nitrogens with zero attached hydrogens (tertiary/aromatic N) is 2. The Balaban J connectivity index is 3.68. The van der Waals surface area contributed by atoms with Crippen LogP contribution in [0.3, 0.4) is 0 Å². The maximum atomic E-state index is 4.26. The third-order valence-electron chi connectivity index (χ3n) is 1.07. The molecule has 2 nitrogen and oxygen atoms in total. The van der Waals surface area contributed by atoms with Crippen molar-refractivity contribution in [2.75, 3.05) is 13.1 Å². The Hall–Kier alpha value is -0.530. The molecule has 0 aliphatic heterocycles. The lowest BCUT2D eigenvalue weighted by molar-refractivity contribution is 0.321. The van der Waals surface area contributed by atoms with Gasteiger partial charge in [-0.3, -0.25) is 5.01 Å². The lowest BCUT2D eigenvalue weighted by Crippen LogP contribution is -2.16. The summed E-state index contributed by atoms with van der Waals surface area (Å²) < 4.78 is 0. The molecule has 9 heavy (non-hydrogen) atoms. The summed E-state index contributed by atoms with van der Waals surface area (Å²) in [6, 6.07) is 0. The molecule has 0 spiro atoms. The Morgan fingerprint density at radius 2 is 1.67 bits per heavy atom. The van der Waals surface area contributed by atoms with E-state index >= 15 is 0 Å². The fourth-order valence-corrected chi connectivity index (χ4v) is 0.648. The van der Waals surface area contributed by atoms with Crippen molar-refractivity contribution in [3.63, 3.8) is 0 Å². The van der Waals surface area contributed by atoms with E-state index in [-0.39, 0.29) is 0 Å². The van der Waals surface area contributed by atoms with E-state index in [1.807, 2.05) is 18.9 Å². The summed E-state index contributed by atoms with van der Waals surface area (Å²) in [5, 5.41) is 6.30. The lowest BCUT2D eigenvalue weighted by Gasteiger charge is -2.13. The van der Waals surface area contributed by atoms with E-state index < -0.39 is 0 Å². The quantitative estimate of drug-likeness (QED) is 0.417. The van der Waals surface area contributed by atoms with Gasteiger partial charge in [0, 0.05) is 18.8 Å². The average molecular weight is 128 g/mol. The molecule has 0 fully saturated rings. The van der Waals surface area contributed by atoms with Crippen molar-refractivity contribution in [3.8, 4) is 0 Å². The zero-order valence-electron chi connectivity index (χ0n) is 6.81. The fourth-order valence-electron chi connectivity index (χ4n) is 0.648. The van der Waals surface area contributed by atoms with Gasteiger partial charge in [0.25, 0.3) is 0 Å². The van der Waals surface area contributed by atoms with Crippen LogP contribution in [0.25, 0.3) is 0 Å². The number of rotatable bonds is 3. The van der Waals surface area contributed by atoms with Crippen molar-refractivity contribution in [1.29, 1.82) is 0 Å². The molecular formula is C7H16N2. The van der Waals surface area contributed by atoms with E-state index in [4.69, 9.17) is 0 Å². The maximum absolute atomic E-state index is 4.26. The predicted molar refractivity (Wildman–Crippen MR) is 41.7 cm³/mol. The van der Waals surface area contributed by atoms with Crippen LogP contribution in [0, 0.1) is 0 Å². The monoisotopic (exact) mass is 128 g/mol. The van der Waals surface area contributed by atoms with Crippen molar-refractivity contribution in [2.24, 2.45) is 5.10 Å². The van der Waals surface area contributed by atoms with E-state index in [1.54, 1.807) is 0 Å². The second-order valence-corrected chi connectivity index (χ2v) is 2.19. The molecule has 0 aromatic rings. The Morgan fingerprint density at radius 1 is 1.22 bits per heavy atom. The van der Waals surface area contributed by atoms with Gasteiger partial charge in [-0.1, -0.05) is 0 Å². The van der Waals surface area contributed by atoms with E-state index in [0.717, 1.165) is 18.8 Å². The van der Waals surface area contributed by atoms with Crippen molar-refractivity contribution in [1.82, 2.24) is 5.01 Å². The Kier molecular flexibility index (Phi) is 4.10. The normalized spacial score (nSPS) is 8.89. The molecule has 0 atom stereocenters. The minimum absolute atomic E-state index is 1.00. The van der Waals surface area contributed by atoms with Crippen LogP contribution in [0.1, 0.15) is 27.7 Å². The Morgan fingerprint density at radius 3 is 1.78 bits per heavy atom. The molecule has 0 aliphatic carbocycles. The number of hydrogen-bond acceptors (Lipinski definition) is 2. The molecule has 0 aliphatic rings. The molecule has 0 aromatic carbocycles. The molecule has 0 amide bonds. The minimum atomic E-state index is 1.00. The summed E-state index contributed by atoms with van der Waals surface area (Å²) in [6.07, 6.45) is 0. The first kappa shape index (κ1) is 8.47. The summed E-state index contributed by atoms with van der Waals surface area (Å²) in [5.41, 5.74) is 1.12. The second-order valence-electron chi connectivity index (χ2n) is 2.19. The molecule has 0 heterocycles. The largest absolute Gasteiger partial charge is 0.298 e. The zero-order chi connectivity index (χ0) is 7.28. The topological polar surface area (TPSA) is 15.6 Å². The van der Waals surface area contributed by atoms with E-state index in [2.05, 4.69) is 18.9 Å². The Bertz CT molecular complexity index is 89.1. The molecule has 0 N–H and O–H groups in total. The van der Waals surface area contributed by atoms with Gasteiger partial charge in [-0.15, -0.1) is 0 Å². The fraction of sp³-hybridized carbons (Fsp3) is 0.857. The number of hydrazone groups is 1. The van der Waals surface area contributed by atoms with Crippen molar-refractivity contribution in [3.05, 3.63) is 0 Å². The zero-order valence-corrected chi connectivity index (χ0v) is 6.81. The molecule has 0 saturated carbocycles. The van der Waals surface area contributed by atoms with Gasteiger partial charge >= 0.3 is 0 Å². The standard InChI is InChI=1S/C7H16N2/c1-5-9(6-2)8-7(3)4/h5-6H2,1-4H3. The van der Waals surface area contributed by atoms with E-state index in [9.17, 15) is 0 Å². The van der Waals surface area contributed by atoms with Gasteiger partial charge in [0.1, 0.15) is 0 Å². The second kappa shape index (κ2) is 4.36.